The van der Waals surface area contributed by atoms with Gasteiger partial charge in [0.25, 0.3) is 5.91 Å². The maximum absolute atomic E-state index is 13.2. The number of carbonyl (C=O) groups excluding carboxylic acids is 1. The van der Waals surface area contributed by atoms with Gasteiger partial charge in [-0.2, -0.15) is 9.40 Å². The Morgan fingerprint density at radius 3 is 2.33 bits per heavy atom. The number of nitrogens with one attached hydrogen (secondary N) is 1. The van der Waals surface area contributed by atoms with Gasteiger partial charge in [0.15, 0.2) is 9.84 Å². The lowest BCUT2D eigenvalue weighted by Crippen LogP contribution is -2.35. The molecule has 3 heterocycles. The highest BCUT2D eigenvalue weighted by Gasteiger charge is 2.34. The van der Waals surface area contributed by atoms with Crippen molar-refractivity contribution in [2.24, 2.45) is 0 Å². The average molecular weight is 529 g/mol. The van der Waals surface area contributed by atoms with Crippen LogP contribution in [0, 0.1) is 13.8 Å². The molecule has 1 N–H and O–H groups in total. The van der Waals surface area contributed by atoms with E-state index in [-0.39, 0.29) is 22.0 Å². The minimum Gasteiger partial charge on any atom is -0.306 e. The van der Waals surface area contributed by atoms with Crippen LogP contribution in [0.1, 0.15) is 52.0 Å². The molecular weight excluding hydrogens is 500 g/mol. The molecule has 0 atom stereocenters. The highest BCUT2D eigenvalue weighted by molar-refractivity contribution is 7.90. The first-order valence-corrected chi connectivity index (χ1v) is 15.1. The topological polar surface area (TPSA) is 118 Å². The Balaban J connectivity index is 1.45. The molecule has 3 aromatic rings. The summed E-state index contributed by atoms with van der Waals surface area (Å²) < 4.78 is 53.4. The number of anilines is 1. The normalized spacial score (nSPS) is 17.6. The molecule has 0 bridgehead atoms. The highest BCUT2D eigenvalue weighted by Crippen LogP contribution is 2.34. The molecule has 1 amide bonds. The number of aryl methyl sites for hydroxylation is 2. The van der Waals surface area contributed by atoms with Gasteiger partial charge in [0.1, 0.15) is 5.82 Å². The molecule has 0 saturated carbocycles. The number of amides is 1. The first-order valence-electron chi connectivity index (χ1n) is 11.9. The van der Waals surface area contributed by atoms with E-state index in [9.17, 15) is 21.6 Å². The third kappa shape index (κ3) is 4.58. The van der Waals surface area contributed by atoms with Crippen LogP contribution in [0.15, 0.2) is 47.4 Å². The molecule has 0 unspecified atom stereocenters. The Bertz CT molecular complexity index is 1550. The van der Waals surface area contributed by atoms with Crippen molar-refractivity contribution in [1.29, 1.82) is 0 Å². The number of aromatic nitrogens is 2. The van der Waals surface area contributed by atoms with Crippen molar-refractivity contribution >= 4 is 31.6 Å². The summed E-state index contributed by atoms with van der Waals surface area (Å²) in [7, 11) is -6.94. The molecule has 2 aliphatic rings. The predicted molar refractivity (Wildman–Crippen MR) is 136 cm³/mol. The van der Waals surface area contributed by atoms with Crippen LogP contribution in [0.3, 0.4) is 0 Å². The minimum absolute atomic E-state index is 0.147. The molecule has 190 valence electrons. The van der Waals surface area contributed by atoms with Crippen LogP contribution in [-0.4, -0.2) is 49.9 Å². The third-order valence-electron chi connectivity index (χ3n) is 6.67. The summed E-state index contributed by atoms with van der Waals surface area (Å²) in [6, 6.07) is 11.6. The number of sulfone groups is 1. The van der Waals surface area contributed by atoms with E-state index in [1.807, 2.05) is 32.0 Å². The standard InChI is InChI=1S/C25H28N4O5S2/c1-17-6-11-23(18(2)14-17)29-24(21-15-35(31,32)16-22(21)27-29)26-25(30)19-7-9-20(10-8-19)36(33,34)28-12-4-3-5-13-28/h6-11,14H,3-5,12-13,15-16H2,1-2H3,(H,26,30). The minimum atomic E-state index is -3.61. The van der Waals surface area contributed by atoms with Gasteiger partial charge in [-0.3, -0.25) is 4.79 Å². The number of nitrogens with zero attached hydrogens (tertiary/aromatic N) is 3. The Labute approximate surface area is 211 Å². The van der Waals surface area contributed by atoms with Crippen LogP contribution in [0.2, 0.25) is 0 Å². The number of hydrogen-bond donors (Lipinski definition) is 1. The smallest absolute Gasteiger partial charge is 0.256 e. The van der Waals surface area contributed by atoms with E-state index in [1.54, 1.807) is 4.68 Å². The molecule has 1 aromatic heterocycles. The van der Waals surface area contributed by atoms with Crippen LogP contribution in [0.25, 0.3) is 5.69 Å². The van der Waals surface area contributed by atoms with Gasteiger partial charge >= 0.3 is 0 Å². The summed E-state index contributed by atoms with van der Waals surface area (Å²) in [6.45, 7) is 4.91. The number of fused-ring (bicyclic) bond motifs is 1. The van der Waals surface area contributed by atoms with Crippen LogP contribution >= 0.6 is 0 Å². The second-order valence-electron chi connectivity index (χ2n) is 9.45. The maximum atomic E-state index is 13.2. The van der Waals surface area contributed by atoms with E-state index in [1.165, 1.54) is 28.6 Å². The van der Waals surface area contributed by atoms with Crippen molar-refractivity contribution in [3.63, 3.8) is 0 Å². The van der Waals surface area contributed by atoms with E-state index >= 15 is 0 Å². The molecule has 0 spiro atoms. The molecule has 0 radical (unpaired) electrons. The monoisotopic (exact) mass is 528 g/mol. The zero-order valence-corrected chi connectivity index (χ0v) is 21.8. The summed E-state index contributed by atoms with van der Waals surface area (Å²) in [5.41, 5.74) is 3.91. The Hall–Kier alpha value is -3.02. The van der Waals surface area contributed by atoms with Crippen molar-refractivity contribution < 1.29 is 21.6 Å². The van der Waals surface area contributed by atoms with Gasteiger partial charge in [0.2, 0.25) is 10.0 Å². The number of benzene rings is 2. The third-order valence-corrected chi connectivity index (χ3v) is 10.0. The second-order valence-corrected chi connectivity index (χ2v) is 13.5. The van der Waals surface area contributed by atoms with Crippen LogP contribution in [0.5, 0.6) is 0 Å². The summed E-state index contributed by atoms with van der Waals surface area (Å²) in [5.74, 6) is -0.537. The molecule has 5 rings (SSSR count). The van der Waals surface area contributed by atoms with Crippen molar-refractivity contribution in [3.8, 4) is 5.69 Å². The van der Waals surface area contributed by atoms with E-state index in [2.05, 4.69) is 10.4 Å². The maximum Gasteiger partial charge on any atom is 0.256 e. The Morgan fingerprint density at radius 1 is 0.972 bits per heavy atom. The zero-order chi connectivity index (χ0) is 25.7. The van der Waals surface area contributed by atoms with Gasteiger partial charge in [-0.1, -0.05) is 24.1 Å². The highest BCUT2D eigenvalue weighted by atomic mass is 32.2. The lowest BCUT2D eigenvalue weighted by molar-refractivity contribution is 0.102. The number of rotatable bonds is 5. The molecule has 9 nitrogen and oxygen atoms in total. The van der Waals surface area contributed by atoms with E-state index in [0.717, 1.165) is 36.1 Å². The fourth-order valence-corrected chi connectivity index (χ4v) is 7.81. The number of carbonyl (C=O) groups is 1. The van der Waals surface area contributed by atoms with Gasteiger partial charge in [0.05, 0.1) is 27.8 Å². The van der Waals surface area contributed by atoms with E-state index < -0.39 is 25.8 Å². The molecular formula is C25H28N4O5S2. The fraction of sp³-hybridized carbons (Fsp3) is 0.360. The first kappa shape index (κ1) is 24.7. The van der Waals surface area contributed by atoms with Crippen molar-refractivity contribution in [2.75, 3.05) is 18.4 Å². The quantitative estimate of drug-likeness (QED) is 0.543. The van der Waals surface area contributed by atoms with Crippen molar-refractivity contribution in [2.45, 2.75) is 49.5 Å². The molecule has 36 heavy (non-hydrogen) atoms. The number of hydrogen-bond acceptors (Lipinski definition) is 6. The summed E-state index contributed by atoms with van der Waals surface area (Å²) in [6.07, 6.45) is 2.70. The van der Waals surface area contributed by atoms with Crippen LogP contribution < -0.4 is 5.32 Å². The first-order chi connectivity index (χ1) is 17.0. The number of sulfonamides is 1. The Morgan fingerprint density at radius 2 is 1.67 bits per heavy atom. The van der Waals surface area contributed by atoms with Gasteiger partial charge in [-0.15, -0.1) is 0 Å². The summed E-state index contributed by atoms with van der Waals surface area (Å²) in [4.78, 5) is 13.3. The van der Waals surface area contributed by atoms with Gasteiger partial charge in [-0.05, 0) is 62.6 Å². The van der Waals surface area contributed by atoms with E-state index in [0.29, 0.717) is 30.2 Å². The summed E-state index contributed by atoms with van der Waals surface area (Å²) in [5, 5.41) is 7.37. The van der Waals surface area contributed by atoms with Gasteiger partial charge in [0, 0.05) is 24.2 Å². The van der Waals surface area contributed by atoms with Crippen LogP contribution in [0.4, 0.5) is 5.82 Å². The van der Waals surface area contributed by atoms with Gasteiger partial charge in [-0.25, -0.2) is 21.5 Å². The SMILES string of the molecule is Cc1ccc(-n2nc3c(c2NC(=O)c2ccc(S(=O)(=O)N4CCCCC4)cc2)CS(=O)(=O)C3)c(C)c1. The van der Waals surface area contributed by atoms with E-state index in [4.69, 9.17) is 0 Å². The molecule has 0 aliphatic carbocycles. The van der Waals surface area contributed by atoms with Crippen molar-refractivity contribution in [3.05, 3.63) is 70.4 Å². The largest absolute Gasteiger partial charge is 0.306 e. The summed E-state index contributed by atoms with van der Waals surface area (Å²) >= 11 is 0. The average Bonchev–Trinajstić information content (AvgIpc) is 3.31. The molecule has 11 heteroatoms. The van der Waals surface area contributed by atoms with Crippen LogP contribution in [-0.2, 0) is 31.4 Å². The lowest BCUT2D eigenvalue weighted by atomic mass is 10.1. The molecule has 1 saturated heterocycles. The lowest BCUT2D eigenvalue weighted by Gasteiger charge is -2.25. The van der Waals surface area contributed by atoms with Crippen molar-refractivity contribution in [1.82, 2.24) is 14.1 Å². The predicted octanol–water partition coefficient (Wildman–Crippen LogP) is 3.34. The number of piperidine rings is 1. The molecule has 2 aliphatic heterocycles. The second kappa shape index (κ2) is 9.13. The zero-order valence-electron chi connectivity index (χ0n) is 20.2. The van der Waals surface area contributed by atoms with Gasteiger partial charge < -0.3 is 5.32 Å². The fourth-order valence-electron chi connectivity index (χ4n) is 4.80. The molecule has 1 fully saturated rings. The Kier molecular flexibility index (Phi) is 6.26. The molecule has 2 aromatic carbocycles.